The largest absolute Gasteiger partial charge is 0.454 e. The molecule has 1 aromatic carbocycles. The molecule has 1 aliphatic carbocycles. The zero-order chi connectivity index (χ0) is 20.3. The summed E-state index contributed by atoms with van der Waals surface area (Å²) in [6.07, 6.45) is 6.61. The smallest absolute Gasteiger partial charge is 0.280 e. The molecule has 3 aliphatic rings. The number of piperazine rings is 1. The van der Waals surface area contributed by atoms with Crippen molar-refractivity contribution in [2.45, 2.75) is 38.3 Å². The maximum absolute atomic E-state index is 12.6. The van der Waals surface area contributed by atoms with Gasteiger partial charge in [-0.15, -0.1) is 0 Å². The first-order chi connectivity index (χ1) is 14.7. The number of nitrogens with one attached hydrogen (secondary N) is 3. The first kappa shape index (κ1) is 19.4. The van der Waals surface area contributed by atoms with Crippen molar-refractivity contribution in [1.29, 1.82) is 0 Å². The minimum Gasteiger partial charge on any atom is -0.454 e. The predicted octanol–water partition coefficient (Wildman–Crippen LogP) is -0.351. The summed E-state index contributed by atoms with van der Waals surface area (Å²) in [4.78, 5) is 15.5. The Kier molecular flexibility index (Phi) is 5.59. The molecule has 5 rings (SSSR count). The van der Waals surface area contributed by atoms with Gasteiger partial charge in [-0.1, -0.05) is 12.8 Å². The molecular formula is C22H31N5O3+2. The molecule has 2 fully saturated rings. The van der Waals surface area contributed by atoms with Crippen molar-refractivity contribution in [2.24, 2.45) is 0 Å². The molecule has 2 aromatic rings. The Hall–Kier alpha value is -2.58. The monoisotopic (exact) mass is 413 g/mol. The SMILES string of the molecule is O=C(C[NH+]1CC[NH+](Cc2ccc3c(c2)OCO3)CC1)Nc1ccnn1C1CCCC1. The lowest BCUT2D eigenvalue weighted by Crippen LogP contribution is -3.28. The van der Waals surface area contributed by atoms with Crippen molar-refractivity contribution < 1.29 is 24.1 Å². The molecule has 0 spiro atoms. The first-order valence-corrected chi connectivity index (χ1v) is 11.1. The van der Waals surface area contributed by atoms with Gasteiger partial charge in [-0.3, -0.25) is 4.79 Å². The lowest BCUT2D eigenvalue weighted by molar-refractivity contribution is -1.02. The number of anilines is 1. The fourth-order valence-corrected chi connectivity index (χ4v) is 4.92. The van der Waals surface area contributed by atoms with Crippen LogP contribution in [0.1, 0.15) is 37.3 Å². The Labute approximate surface area is 176 Å². The van der Waals surface area contributed by atoms with Gasteiger partial charge in [0, 0.05) is 11.6 Å². The van der Waals surface area contributed by atoms with Crippen molar-refractivity contribution in [3.8, 4) is 11.5 Å². The van der Waals surface area contributed by atoms with E-state index in [9.17, 15) is 4.79 Å². The summed E-state index contributed by atoms with van der Waals surface area (Å²) in [7, 11) is 0. The third-order valence-electron chi connectivity index (χ3n) is 6.57. The van der Waals surface area contributed by atoms with Crippen LogP contribution in [0.3, 0.4) is 0 Å². The number of nitrogens with zero attached hydrogens (tertiary/aromatic N) is 2. The summed E-state index contributed by atoms with van der Waals surface area (Å²) in [6.45, 7) is 5.97. The minimum absolute atomic E-state index is 0.0870. The Morgan fingerprint density at radius 3 is 2.67 bits per heavy atom. The van der Waals surface area contributed by atoms with E-state index in [2.05, 4.69) is 22.5 Å². The van der Waals surface area contributed by atoms with Gasteiger partial charge in [0.15, 0.2) is 18.0 Å². The highest BCUT2D eigenvalue weighted by atomic mass is 16.7. The van der Waals surface area contributed by atoms with E-state index in [0.717, 1.165) is 62.9 Å². The third kappa shape index (κ3) is 4.29. The highest BCUT2D eigenvalue weighted by molar-refractivity contribution is 5.90. The van der Waals surface area contributed by atoms with Gasteiger partial charge < -0.3 is 24.6 Å². The number of carbonyl (C=O) groups is 1. The van der Waals surface area contributed by atoms with Crippen LogP contribution < -0.4 is 24.6 Å². The van der Waals surface area contributed by atoms with Gasteiger partial charge in [0.2, 0.25) is 6.79 Å². The summed E-state index contributed by atoms with van der Waals surface area (Å²) >= 11 is 0. The van der Waals surface area contributed by atoms with Gasteiger partial charge in [0.05, 0.1) is 12.2 Å². The fraction of sp³-hybridized carbons (Fsp3) is 0.545. The number of ether oxygens (including phenoxy) is 2. The molecule has 2 aliphatic heterocycles. The molecule has 0 radical (unpaired) electrons. The summed E-state index contributed by atoms with van der Waals surface area (Å²) in [5.74, 6) is 2.62. The third-order valence-corrected chi connectivity index (χ3v) is 6.57. The molecule has 1 aromatic heterocycles. The van der Waals surface area contributed by atoms with E-state index < -0.39 is 0 Å². The Bertz CT molecular complexity index is 885. The topological polar surface area (TPSA) is 74.3 Å². The van der Waals surface area contributed by atoms with Crippen molar-refractivity contribution in [1.82, 2.24) is 9.78 Å². The number of amides is 1. The second-order valence-electron chi connectivity index (χ2n) is 8.69. The van der Waals surface area contributed by atoms with E-state index in [-0.39, 0.29) is 5.91 Å². The molecule has 3 N–H and O–H groups in total. The van der Waals surface area contributed by atoms with Gasteiger partial charge in [-0.05, 0) is 31.0 Å². The number of benzene rings is 1. The lowest BCUT2D eigenvalue weighted by Gasteiger charge is -2.29. The van der Waals surface area contributed by atoms with Crippen molar-refractivity contribution >= 4 is 11.7 Å². The summed E-state index contributed by atoms with van der Waals surface area (Å²) in [5.41, 5.74) is 1.27. The average molecular weight is 414 g/mol. The zero-order valence-corrected chi connectivity index (χ0v) is 17.4. The number of hydrogen-bond donors (Lipinski definition) is 3. The van der Waals surface area contributed by atoms with E-state index in [1.54, 1.807) is 11.1 Å². The number of carbonyl (C=O) groups excluding carboxylic acids is 1. The predicted molar refractivity (Wildman–Crippen MR) is 111 cm³/mol. The van der Waals surface area contributed by atoms with Gasteiger partial charge in [-0.25, -0.2) is 4.68 Å². The summed E-state index contributed by atoms with van der Waals surface area (Å²) in [6, 6.07) is 8.57. The highest BCUT2D eigenvalue weighted by Gasteiger charge is 2.26. The fourth-order valence-electron chi connectivity index (χ4n) is 4.92. The molecule has 160 valence electrons. The molecule has 8 heteroatoms. The van der Waals surface area contributed by atoms with Crippen molar-refractivity contribution in [2.75, 3.05) is 44.8 Å². The molecule has 30 heavy (non-hydrogen) atoms. The Balaban J connectivity index is 1.09. The molecule has 3 heterocycles. The van der Waals surface area contributed by atoms with E-state index >= 15 is 0 Å². The average Bonchev–Trinajstić information content (AvgIpc) is 3.50. The molecule has 0 atom stereocenters. The molecule has 1 amide bonds. The van der Waals surface area contributed by atoms with Crippen LogP contribution in [0.2, 0.25) is 0 Å². The van der Waals surface area contributed by atoms with Gasteiger partial charge in [0.1, 0.15) is 38.5 Å². The van der Waals surface area contributed by atoms with Crippen LogP contribution >= 0.6 is 0 Å². The van der Waals surface area contributed by atoms with E-state index in [1.165, 1.54) is 23.3 Å². The number of fused-ring (bicyclic) bond motifs is 1. The highest BCUT2D eigenvalue weighted by Crippen LogP contribution is 2.32. The molecule has 0 unspecified atom stereocenters. The van der Waals surface area contributed by atoms with Crippen LogP contribution in [0.4, 0.5) is 5.82 Å². The maximum Gasteiger partial charge on any atom is 0.280 e. The van der Waals surface area contributed by atoms with Crippen LogP contribution in [0, 0.1) is 0 Å². The number of hydrogen-bond acceptors (Lipinski definition) is 4. The quantitative estimate of drug-likeness (QED) is 0.605. The minimum atomic E-state index is 0.0870. The maximum atomic E-state index is 12.6. The van der Waals surface area contributed by atoms with Crippen LogP contribution in [0.5, 0.6) is 11.5 Å². The van der Waals surface area contributed by atoms with E-state index in [0.29, 0.717) is 19.4 Å². The molecular weight excluding hydrogens is 382 g/mol. The van der Waals surface area contributed by atoms with Gasteiger partial charge >= 0.3 is 0 Å². The summed E-state index contributed by atoms with van der Waals surface area (Å²) < 4.78 is 12.9. The molecule has 0 bridgehead atoms. The lowest BCUT2D eigenvalue weighted by atomic mass is 10.1. The molecule has 8 nitrogen and oxygen atoms in total. The number of aromatic nitrogens is 2. The summed E-state index contributed by atoms with van der Waals surface area (Å²) in [5, 5.41) is 7.54. The van der Waals surface area contributed by atoms with Crippen molar-refractivity contribution in [3.63, 3.8) is 0 Å². The number of quaternary nitrogens is 2. The normalized spacial score (nSPS) is 23.6. The second-order valence-corrected chi connectivity index (χ2v) is 8.69. The Morgan fingerprint density at radius 2 is 1.83 bits per heavy atom. The number of rotatable bonds is 6. The zero-order valence-electron chi connectivity index (χ0n) is 17.4. The standard InChI is InChI=1S/C22H29N5O3/c28-22(24-21-7-8-23-27(21)18-3-1-2-4-18)15-26-11-9-25(10-12-26)14-17-5-6-19-20(13-17)30-16-29-19/h5-8,13,18H,1-4,9-12,14-16H2,(H,24,28)/p+2. The molecule has 1 saturated heterocycles. The Morgan fingerprint density at radius 1 is 1.07 bits per heavy atom. The second kappa shape index (κ2) is 8.65. The van der Waals surface area contributed by atoms with Gasteiger partial charge in [0.25, 0.3) is 5.91 Å². The van der Waals surface area contributed by atoms with E-state index in [1.807, 2.05) is 16.8 Å². The van der Waals surface area contributed by atoms with Crippen LogP contribution in [0.15, 0.2) is 30.5 Å². The van der Waals surface area contributed by atoms with Crippen molar-refractivity contribution in [3.05, 3.63) is 36.0 Å². The van der Waals surface area contributed by atoms with Crippen LogP contribution in [-0.4, -0.2) is 55.2 Å². The van der Waals surface area contributed by atoms with Gasteiger partial charge in [-0.2, -0.15) is 5.10 Å². The van der Waals surface area contributed by atoms with Crippen LogP contribution in [-0.2, 0) is 11.3 Å². The molecule has 1 saturated carbocycles. The first-order valence-electron chi connectivity index (χ1n) is 11.1. The van der Waals surface area contributed by atoms with E-state index in [4.69, 9.17) is 9.47 Å². The van der Waals surface area contributed by atoms with Crippen LogP contribution in [0.25, 0.3) is 0 Å².